The number of amides is 1. The van der Waals surface area contributed by atoms with Crippen LogP contribution in [0.3, 0.4) is 0 Å². The number of H-pyrrole nitrogens is 1. The Kier molecular flexibility index (Phi) is 4.86. The van der Waals surface area contributed by atoms with Crippen LogP contribution in [-0.4, -0.2) is 40.5 Å². The fourth-order valence-electron chi connectivity index (χ4n) is 3.52. The van der Waals surface area contributed by atoms with Crippen molar-refractivity contribution in [2.24, 2.45) is 0 Å². The number of aromatic nitrogens is 2. The first-order valence-corrected chi connectivity index (χ1v) is 9.20. The lowest BCUT2D eigenvalue weighted by Gasteiger charge is -2.32. The highest BCUT2D eigenvalue weighted by molar-refractivity contribution is 5.77. The summed E-state index contributed by atoms with van der Waals surface area (Å²) in [5.41, 5.74) is 2.05. The fourth-order valence-corrected chi connectivity index (χ4v) is 3.52. The van der Waals surface area contributed by atoms with Gasteiger partial charge in [-0.1, -0.05) is 30.3 Å². The number of para-hydroxylation sites is 3. The van der Waals surface area contributed by atoms with Crippen LogP contribution in [0.1, 0.15) is 31.0 Å². The van der Waals surface area contributed by atoms with Crippen LogP contribution in [0, 0.1) is 0 Å². The predicted molar refractivity (Wildman–Crippen MR) is 101 cm³/mol. The molecular weight excluding hydrogens is 326 g/mol. The number of nitrogens with one attached hydrogen (secondary N) is 1. The van der Waals surface area contributed by atoms with E-state index in [-0.39, 0.29) is 11.8 Å². The molecule has 1 aliphatic heterocycles. The van der Waals surface area contributed by atoms with Crippen LogP contribution in [0.4, 0.5) is 0 Å². The number of aromatic amines is 1. The maximum absolute atomic E-state index is 12.6. The highest BCUT2D eigenvalue weighted by Crippen LogP contribution is 2.27. The summed E-state index contributed by atoms with van der Waals surface area (Å²) in [6, 6.07) is 17.7. The first-order valence-electron chi connectivity index (χ1n) is 9.20. The number of imidazole rings is 1. The second-order valence-electron chi connectivity index (χ2n) is 6.73. The van der Waals surface area contributed by atoms with Gasteiger partial charge < -0.3 is 14.6 Å². The molecular formula is C21H23N3O2. The summed E-state index contributed by atoms with van der Waals surface area (Å²) >= 11 is 0. The molecule has 134 valence electrons. The van der Waals surface area contributed by atoms with Crippen molar-refractivity contribution in [1.29, 1.82) is 0 Å². The number of fused-ring (bicyclic) bond motifs is 1. The van der Waals surface area contributed by atoms with Crippen molar-refractivity contribution in [3.05, 3.63) is 60.4 Å². The molecule has 2 aromatic carbocycles. The van der Waals surface area contributed by atoms with Crippen molar-refractivity contribution in [1.82, 2.24) is 14.9 Å². The predicted octanol–water partition coefficient (Wildman–Crippen LogP) is 3.74. The average Bonchev–Trinajstić information content (AvgIpc) is 3.13. The Morgan fingerprint density at radius 3 is 2.81 bits per heavy atom. The second-order valence-corrected chi connectivity index (χ2v) is 6.73. The van der Waals surface area contributed by atoms with Gasteiger partial charge in [0.1, 0.15) is 11.6 Å². The third-order valence-electron chi connectivity index (χ3n) is 4.90. The van der Waals surface area contributed by atoms with Crippen LogP contribution in [0.25, 0.3) is 11.0 Å². The molecule has 0 bridgehead atoms. The molecule has 26 heavy (non-hydrogen) atoms. The molecule has 3 aromatic rings. The van der Waals surface area contributed by atoms with E-state index in [2.05, 4.69) is 4.98 Å². The van der Waals surface area contributed by atoms with Gasteiger partial charge in [0.15, 0.2) is 0 Å². The van der Waals surface area contributed by atoms with E-state index in [0.717, 1.165) is 48.5 Å². The first kappa shape index (κ1) is 16.6. The molecule has 0 unspecified atom stereocenters. The lowest BCUT2D eigenvalue weighted by Crippen LogP contribution is -2.39. The van der Waals surface area contributed by atoms with Crippen LogP contribution in [-0.2, 0) is 4.79 Å². The van der Waals surface area contributed by atoms with Crippen molar-refractivity contribution in [3.63, 3.8) is 0 Å². The zero-order valence-corrected chi connectivity index (χ0v) is 14.7. The van der Waals surface area contributed by atoms with Gasteiger partial charge >= 0.3 is 0 Å². The van der Waals surface area contributed by atoms with Gasteiger partial charge in [0, 0.05) is 19.0 Å². The van der Waals surface area contributed by atoms with Gasteiger partial charge in [0.2, 0.25) is 5.91 Å². The Bertz CT molecular complexity index is 842. The van der Waals surface area contributed by atoms with Gasteiger partial charge in [-0.15, -0.1) is 0 Å². The van der Waals surface area contributed by atoms with Crippen molar-refractivity contribution in [3.8, 4) is 5.75 Å². The largest absolute Gasteiger partial charge is 0.493 e. The Balaban J connectivity index is 1.34. The number of ether oxygens (including phenoxy) is 1. The number of carbonyl (C=O) groups is 1. The Labute approximate surface area is 153 Å². The van der Waals surface area contributed by atoms with Gasteiger partial charge in [-0.2, -0.15) is 0 Å². The molecule has 0 aliphatic carbocycles. The van der Waals surface area contributed by atoms with E-state index in [0.29, 0.717) is 13.0 Å². The smallest absolute Gasteiger partial charge is 0.226 e. The monoisotopic (exact) mass is 349 g/mol. The van der Waals surface area contributed by atoms with Gasteiger partial charge in [0.25, 0.3) is 0 Å². The summed E-state index contributed by atoms with van der Waals surface area (Å²) in [6.07, 6.45) is 2.47. The molecule has 1 saturated heterocycles. The molecule has 0 radical (unpaired) electrons. The highest BCUT2D eigenvalue weighted by Gasteiger charge is 2.26. The standard InChI is InChI=1S/C21H23N3O2/c25-20(12-14-26-17-8-2-1-3-9-17)24-13-6-7-16(15-24)21-22-18-10-4-5-11-19(18)23-21/h1-5,8-11,16H,6-7,12-15H2,(H,22,23)/t16-/m1/s1. The van der Waals surface area contributed by atoms with Crippen LogP contribution in [0.2, 0.25) is 0 Å². The molecule has 0 saturated carbocycles. The summed E-state index contributed by atoms with van der Waals surface area (Å²) in [7, 11) is 0. The number of hydrogen-bond acceptors (Lipinski definition) is 3. The van der Waals surface area contributed by atoms with Crippen molar-refractivity contribution >= 4 is 16.9 Å². The van der Waals surface area contributed by atoms with Crippen LogP contribution >= 0.6 is 0 Å². The number of piperidine rings is 1. The van der Waals surface area contributed by atoms with Crippen molar-refractivity contribution in [2.75, 3.05) is 19.7 Å². The van der Waals surface area contributed by atoms with Gasteiger partial charge in [-0.25, -0.2) is 4.98 Å². The minimum absolute atomic E-state index is 0.154. The van der Waals surface area contributed by atoms with E-state index >= 15 is 0 Å². The minimum Gasteiger partial charge on any atom is -0.493 e. The Hall–Kier alpha value is -2.82. The molecule has 1 aromatic heterocycles. The molecule has 1 atom stereocenters. The average molecular weight is 349 g/mol. The number of likely N-dealkylation sites (tertiary alicyclic amines) is 1. The fraction of sp³-hybridized carbons (Fsp3) is 0.333. The van der Waals surface area contributed by atoms with E-state index in [4.69, 9.17) is 9.72 Å². The zero-order valence-electron chi connectivity index (χ0n) is 14.7. The SMILES string of the molecule is O=C(CCOc1ccccc1)N1CCC[C@@H](c2nc3ccccc3[nH]2)C1. The number of carbonyl (C=O) groups excluding carboxylic acids is 1. The maximum Gasteiger partial charge on any atom is 0.226 e. The molecule has 5 heteroatoms. The molecule has 1 amide bonds. The molecule has 0 spiro atoms. The normalized spacial score (nSPS) is 17.4. The molecule has 4 rings (SSSR count). The highest BCUT2D eigenvalue weighted by atomic mass is 16.5. The van der Waals surface area contributed by atoms with E-state index in [1.54, 1.807) is 0 Å². The van der Waals surface area contributed by atoms with Crippen LogP contribution in [0.5, 0.6) is 5.75 Å². The van der Waals surface area contributed by atoms with E-state index < -0.39 is 0 Å². The third-order valence-corrected chi connectivity index (χ3v) is 4.90. The van der Waals surface area contributed by atoms with Gasteiger partial charge in [-0.3, -0.25) is 4.79 Å². The van der Waals surface area contributed by atoms with E-state index in [1.165, 1.54) is 0 Å². The first-order chi connectivity index (χ1) is 12.8. The topological polar surface area (TPSA) is 58.2 Å². The van der Waals surface area contributed by atoms with Crippen LogP contribution < -0.4 is 4.74 Å². The Morgan fingerprint density at radius 1 is 1.15 bits per heavy atom. The quantitative estimate of drug-likeness (QED) is 0.763. The van der Waals surface area contributed by atoms with Crippen molar-refractivity contribution < 1.29 is 9.53 Å². The van der Waals surface area contributed by atoms with E-state index in [9.17, 15) is 4.79 Å². The molecule has 1 fully saturated rings. The summed E-state index contributed by atoms with van der Waals surface area (Å²) in [4.78, 5) is 22.6. The summed E-state index contributed by atoms with van der Waals surface area (Å²) in [5, 5.41) is 0. The second kappa shape index (κ2) is 7.60. The zero-order chi connectivity index (χ0) is 17.8. The van der Waals surface area contributed by atoms with Crippen LogP contribution in [0.15, 0.2) is 54.6 Å². The molecule has 2 heterocycles. The molecule has 1 aliphatic rings. The molecule has 5 nitrogen and oxygen atoms in total. The minimum atomic E-state index is 0.154. The number of rotatable bonds is 5. The van der Waals surface area contributed by atoms with Gasteiger partial charge in [-0.05, 0) is 37.1 Å². The summed E-state index contributed by atoms with van der Waals surface area (Å²) in [5.74, 6) is 2.22. The number of hydrogen-bond donors (Lipinski definition) is 1. The summed E-state index contributed by atoms with van der Waals surface area (Å²) < 4.78 is 5.65. The van der Waals surface area contributed by atoms with E-state index in [1.807, 2.05) is 59.5 Å². The Morgan fingerprint density at radius 2 is 1.96 bits per heavy atom. The lowest BCUT2D eigenvalue weighted by atomic mass is 9.97. The van der Waals surface area contributed by atoms with Crippen molar-refractivity contribution in [2.45, 2.75) is 25.2 Å². The third kappa shape index (κ3) is 3.72. The lowest BCUT2D eigenvalue weighted by molar-refractivity contribution is -0.132. The maximum atomic E-state index is 12.6. The summed E-state index contributed by atoms with van der Waals surface area (Å²) in [6.45, 7) is 1.96. The number of benzene rings is 2. The van der Waals surface area contributed by atoms with Gasteiger partial charge in [0.05, 0.1) is 24.1 Å². The molecule has 1 N–H and O–H groups in total. The number of nitrogens with zero attached hydrogens (tertiary/aromatic N) is 2.